The van der Waals surface area contributed by atoms with E-state index in [1.54, 1.807) is 13.8 Å². The van der Waals surface area contributed by atoms with E-state index in [2.05, 4.69) is 5.32 Å². The van der Waals surface area contributed by atoms with Gasteiger partial charge in [0.25, 0.3) is 0 Å². The zero-order chi connectivity index (χ0) is 12.4. The Morgan fingerprint density at radius 2 is 1.81 bits per heavy atom. The first-order chi connectivity index (χ1) is 7.25. The molecule has 0 aromatic rings. The molecular weight excluding hydrogens is 206 g/mol. The quantitative estimate of drug-likeness (QED) is 0.631. The van der Waals surface area contributed by atoms with E-state index in [0.717, 1.165) is 12.8 Å². The molecule has 1 aliphatic carbocycles. The lowest BCUT2D eigenvalue weighted by Gasteiger charge is -2.30. The summed E-state index contributed by atoms with van der Waals surface area (Å²) in [7, 11) is 0. The highest BCUT2D eigenvalue weighted by Gasteiger charge is 2.39. The average Bonchev–Trinajstić information content (AvgIpc) is 2.49. The summed E-state index contributed by atoms with van der Waals surface area (Å²) in [4.78, 5) is 22.8. The fourth-order valence-corrected chi connectivity index (χ4v) is 2.14. The molecule has 1 aliphatic rings. The fraction of sp³-hybridized carbons (Fsp3) is 0.818. The number of rotatable bonds is 4. The molecule has 0 aliphatic heterocycles. The molecule has 0 aromatic carbocycles. The van der Waals surface area contributed by atoms with Crippen LogP contribution in [-0.4, -0.2) is 22.9 Å². The number of carbonyl (C=O) groups excluding carboxylic acids is 2. The number of primary amides is 1. The lowest BCUT2D eigenvalue weighted by Crippen LogP contribution is -2.58. The number of amides is 2. The van der Waals surface area contributed by atoms with Crippen molar-refractivity contribution in [2.45, 2.75) is 57.0 Å². The third-order valence-electron chi connectivity index (χ3n) is 3.02. The minimum absolute atomic E-state index is 0.120. The first-order valence-electron chi connectivity index (χ1n) is 5.65. The molecule has 16 heavy (non-hydrogen) atoms. The maximum Gasteiger partial charge on any atom is 0.240 e. The van der Waals surface area contributed by atoms with Gasteiger partial charge in [0.2, 0.25) is 11.8 Å². The van der Waals surface area contributed by atoms with E-state index in [-0.39, 0.29) is 12.3 Å². The predicted molar refractivity (Wildman–Crippen MR) is 61.4 cm³/mol. The van der Waals surface area contributed by atoms with E-state index in [1.807, 2.05) is 0 Å². The van der Waals surface area contributed by atoms with E-state index in [1.165, 1.54) is 0 Å². The standard InChI is InChI=1S/C11H21N3O2/c1-10(2,7-8(12)15)14-9(16)11(13)5-3-4-6-11/h3-7,13H2,1-2H3,(H2,12,15)(H,14,16). The largest absolute Gasteiger partial charge is 0.370 e. The summed E-state index contributed by atoms with van der Waals surface area (Å²) in [5.41, 5.74) is 9.75. The lowest BCUT2D eigenvalue weighted by molar-refractivity contribution is -0.128. The number of nitrogens with two attached hydrogens (primary N) is 2. The highest BCUT2D eigenvalue weighted by molar-refractivity contribution is 5.87. The molecule has 0 heterocycles. The molecule has 5 heteroatoms. The molecule has 0 spiro atoms. The fourth-order valence-electron chi connectivity index (χ4n) is 2.14. The number of nitrogens with one attached hydrogen (secondary N) is 1. The second kappa shape index (κ2) is 4.41. The normalized spacial score (nSPS) is 19.4. The van der Waals surface area contributed by atoms with Gasteiger partial charge in [-0.2, -0.15) is 0 Å². The van der Waals surface area contributed by atoms with Crippen molar-refractivity contribution in [3.8, 4) is 0 Å². The predicted octanol–water partition coefficient (Wildman–Crippen LogP) is 0.0281. The molecular formula is C11H21N3O2. The lowest BCUT2D eigenvalue weighted by atomic mass is 9.94. The Bertz CT molecular complexity index is 294. The zero-order valence-electron chi connectivity index (χ0n) is 10.0. The van der Waals surface area contributed by atoms with Gasteiger partial charge < -0.3 is 16.8 Å². The van der Waals surface area contributed by atoms with Crippen LogP contribution in [0.5, 0.6) is 0 Å². The number of hydrogen-bond donors (Lipinski definition) is 3. The van der Waals surface area contributed by atoms with Gasteiger partial charge in [0.1, 0.15) is 0 Å². The van der Waals surface area contributed by atoms with Crippen molar-refractivity contribution < 1.29 is 9.59 Å². The van der Waals surface area contributed by atoms with Crippen molar-refractivity contribution in [1.82, 2.24) is 5.32 Å². The summed E-state index contributed by atoms with van der Waals surface area (Å²) in [6.07, 6.45) is 3.52. The van der Waals surface area contributed by atoms with Gasteiger partial charge >= 0.3 is 0 Å². The highest BCUT2D eigenvalue weighted by atomic mass is 16.2. The minimum Gasteiger partial charge on any atom is -0.370 e. The maximum absolute atomic E-state index is 12.0. The van der Waals surface area contributed by atoms with E-state index >= 15 is 0 Å². The molecule has 5 N–H and O–H groups in total. The molecule has 2 amide bonds. The summed E-state index contributed by atoms with van der Waals surface area (Å²) in [6, 6.07) is 0. The van der Waals surface area contributed by atoms with Crippen molar-refractivity contribution in [1.29, 1.82) is 0 Å². The van der Waals surface area contributed by atoms with Crippen LogP contribution in [0.3, 0.4) is 0 Å². The first kappa shape index (κ1) is 13.0. The first-order valence-corrected chi connectivity index (χ1v) is 5.65. The molecule has 1 rings (SSSR count). The van der Waals surface area contributed by atoms with Crippen LogP contribution in [0, 0.1) is 0 Å². The van der Waals surface area contributed by atoms with Gasteiger partial charge in [-0.25, -0.2) is 0 Å². The number of carbonyl (C=O) groups is 2. The van der Waals surface area contributed by atoms with E-state index < -0.39 is 17.0 Å². The van der Waals surface area contributed by atoms with Crippen LogP contribution in [0.15, 0.2) is 0 Å². The topological polar surface area (TPSA) is 98.2 Å². The molecule has 0 unspecified atom stereocenters. The van der Waals surface area contributed by atoms with Crippen molar-refractivity contribution in [2.24, 2.45) is 11.5 Å². The Balaban J connectivity index is 2.59. The molecule has 0 saturated heterocycles. The second-order valence-corrected chi connectivity index (χ2v) is 5.34. The van der Waals surface area contributed by atoms with Gasteiger partial charge in [-0.1, -0.05) is 12.8 Å². The highest BCUT2D eigenvalue weighted by Crippen LogP contribution is 2.28. The van der Waals surface area contributed by atoms with E-state index in [4.69, 9.17) is 11.5 Å². The minimum atomic E-state index is -0.755. The summed E-state index contributed by atoms with van der Waals surface area (Å²) in [5.74, 6) is -0.598. The van der Waals surface area contributed by atoms with Crippen LogP contribution in [0.25, 0.3) is 0 Å². The van der Waals surface area contributed by atoms with Crippen molar-refractivity contribution in [3.05, 3.63) is 0 Å². The molecule has 1 saturated carbocycles. The summed E-state index contributed by atoms with van der Waals surface area (Å²) in [6.45, 7) is 3.54. The van der Waals surface area contributed by atoms with E-state index in [9.17, 15) is 9.59 Å². The molecule has 1 fully saturated rings. The van der Waals surface area contributed by atoms with Gasteiger partial charge in [0.15, 0.2) is 0 Å². The second-order valence-electron chi connectivity index (χ2n) is 5.34. The Kier molecular flexibility index (Phi) is 3.57. The van der Waals surface area contributed by atoms with Crippen LogP contribution >= 0.6 is 0 Å². The summed E-state index contributed by atoms with van der Waals surface area (Å²) < 4.78 is 0. The Hall–Kier alpha value is -1.10. The van der Waals surface area contributed by atoms with Crippen molar-refractivity contribution in [3.63, 3.8) is 0 Å². The zero-order valence-corrected chi connectivity index (χ0v) is 10.0. The van der Waals surface area contributed by atoms with E-state index in [0.29, 0.717) is 12.8 Å². The molecule has 0 bridgehead atoms. The van der Waals surface area contributed by atoms with Crippen LogP contribution in [0.4, 0.5) is 0 Å². The van der Waals surface area contributed by atoms with Crippen LogP contribution in [0.1, 0.15) is 46.0 Å². The monoisotopic (exact) mass is 227 g/mol. The SMILES string of the molecule is CC(C)(CC(N)=O)NC(=O)C1(N)CCCC1. The van der Waals surface area contributed by atoms with Gasteiger partial charge in [0, 0.05) is 12.0 Å². The summed E-state index contributed by atoms with van der Waals surface area (Å²) in [5, 5.41) is 2.81. The van der Waals surface area contributed by atoms with Gasteiger partial charge in [-0.15, -0.1) is 0 Å². The maximum atomic E-state index is 12.0. The van der Waals surface area contributed by atoms with Crippen LogP contribution < -0.4 is 16.8 Å². The van der Waals surface area contributed by atoms with Crippen LogP contribution in [-0.2, 0) is 9.59 Å². The Morgan fingerprint density at radius 1 is 1.31 bits per heavy atom. The molecule has 0 atom stereocenters. The molecule has 92 valence electrons. The van der Waals surface area contributed by atoms with Gasteiger partial charge in [-0.05, 0) is 26.7 Å². The number of hydrogen-bond acceptors (Lipinski definition) is 3. The Labute approximate surface area is 95.9 Å². The van der Waals surface area contributed by atoms with Gasteiger partial charge in [0.05, 0.1) is 5.54 Å². The Morgan fingerprint density at radius 3 is 2.25 bits per heavy atom. The van der Waals surface area contributed by atoms with Crippen molar-refractivity contribution >= 4 is 11.8 Å². The third-order valence-corrected chi connectivity index (χ3v) is 3.02. The van der Waals surface area contributed by atoms with Crippen LogP contribution in [0.2, 0.25) is 0 Å². The average molecular weight is 227 g/mol. The van der Waals surface area contributed by atoms with Gasteiger partial charge in [-0.3, -0.25) is 9.59 Å². The summed E-state index contributed by atoms with van der Waals surface area (Å²) >= 11 is 0. The molecule has 0 radical (unpaired) electrons. The van der Waals surface area contributed by atoms with Crippen molar-refractivity contribution in [2.75, 3.05) is 0 Å². The third kappa shape index (κ3) is 3.20. The smallest absolute Gasteiger partial charge is 0.240 e. The molecule has 5 nitrogen and oxygen atoms in total. The molecule has 0 aromatic heterocycles.